The third-order valence-electron chi connectivity index (χ3n) is 8.66. The first-order valence-corrected chi connectivity index (χ1v) is 13.4. The van der Waals surface area contributed by atoms with Gasteiger partial charge in [0, 0.05) is 49.3 Å². The Bertz CT molecular complexity index is 1280. The Morgan fingerprint density at radius 3 is 2.31 bits per heavy atom. The predicted octanol–water partition coefficient (Wildman–Crippen LogP) is 1.16. The van der Waals surface area contributed by atoms with Gasteiger partial charge in [0.1, 0.15) is 5.75 Å². The lowest BCUT2D eigenvalue weighted by Crippen LogP contribution is -2.71. The summed E-state index contributed by atoms with van der Waals surface area (Å²) in [6, 6.07) is 1.82. The van der Waals surface area contributed by atoms with Gasteiger partial charge in [0.15, 0.2) is 34.7 Å². The second-order valence-corrected chi connectivity index (χ2v) is 12.9. The first-order chi connectivity index (χ1) is 17.9. The van der Waals surface area contributed by atoms with Gasteiger partial charge in [-0.3, -0.25) is 24.0 Å². The average molecular weight is 542 g/mol. The number of aromatic hydroxyl groups is 1. The molecule has 10 heteroatoms. The first kappa shape index (κ1) is 28.9. The van der Waals surface area contributed by atoms with Crippen LogP contribution in [-0.2, 0) is 32.1 Å². The Morgan fingerprint density at radius 1 is 1.18 bits per heavy atom. The molecule has 0 saturated heterocycles. The molecule has 4 rings (SSSR count). The van der Waals surface area contributed by atoms with Gasteiger partial charge in [-0.05, 0) is 57.1 Å². The SMILES string of the molecule is CC(C)[C@@H]1C(=O)C(C(N)=O)C(=O)[C@@]2(O)C(=O)C3C(=O)c4c(O)c(CNC(C)(C)C)cc(N(C)C)c4C[C@H]3C[C@@H]12. The second-order valence-electron chi connectivity index (χ2n) is 12.9. The van der Waals surface area contributed by atoms with E-state index in [1.807, 2.05) is 45.8 Å². The number of ketones is 4. The number of nitrogens with zero attached hydrogens (tertiary/aromatic N) is 1. The van der Waals surface area contributed by atoms with Crippen LogP contribution in [0.2, 0.25) is 0 Å². The summed E-state index contributed by atoms with van der Waals surface area (Å²) in [4.78, 5) is 68.7. The molecule has 0 aliphatic heterocycles. The normalized spacial score (nSPS) is 30.6. The van der Waals surface area contributed by atoms with E-state index >= 15 is 0 Å². The third kappa shape index (κ3) is 4.37. The van der Waals surface area contributed by atoms with Gasteiger partial charge in [-0.15, -0.1) is 0 Å². The van der Waals surface area contributed by atoms with Crippen molar-refractivity contribution in [2.75, 3.05) is 19.0 Å². The largest absolute Gasteiger partial charge is 0.507 e. The molecule has 0 aromatic heterocycles. The number of rotatable bonds is 5. The summed E-state index contributed by atoms with van der Waals surface area (Å²) >= 11 is 0. The number of phenolic OH excluding ortho intramolecular Hbond substituents is 1. The minimum absolute atomic E-state index is 0.00903. The van der Waals surface area contributed by atoms with Crippen LogP contribution in [0.4, 0.5) is 5.69 Å². The molecule has 1 aromatic rings. The van der Waals surface area contributed by atoms with Crippen molar-refractivity contribution in [3.63, 3.8) is 0 Å². The van der Waals surface area contributed by atoms with Gasteiger partial charge in [0.2, 0.25) is 5.91 Å². The topological polar surface area (TPSA) is 167 Å². The van der Waals surface area contributed by atoms with Crippen LogP contribution in [0.25, 0.3) is 0 Å². The first-order valence-electron chi connectivity index (χ1n) is 13.4. The Hall–Kier alpha value is -3.11. The van der Waals surface area contributed by atoms with E-state index < -0.39 is 64.2 Å². The number of carbonyl (C=O) groups excluding carboxylic acids is 5. The summed E-state index contributed by atoms with van der Waals surface area (Å²) in [6.45, 7) is 9.63. The number of nitrogens with two attached hydrogens (primary N) is 1. The lowest BCUT2D eigenvalue weighted by atomic mass is 9.49. The maximum atomic E-state index is 14.0. The summed E-state index contributed by atoms with van der Waals surface area (Å²) < 4.78 is 0. The lowest BCUT2D eigenvalue weighted by molar-refractivity contribution is -0.182. The Balaban J connectivity index is 1.87. The summed E-state index contributed by atoms with van der Waals surface area (Å²) in [5, 5.41) is 26.3. The summed E-state index contributed by atoms with van der Waals surface area (Å²) in [5.41, 5.74) is 4.22. The van der Waals surface area contributed by atoms with Gasteiger partial charge in [-0.2, -0.15) is 0 Å². The highest BCUT2D eigenvalue weighted by molar-refractivity contribution is 6.32. The zero-order chi connectivity index (χ0) is 29.4. The molecule has 2 fully saturated rings. The molecule has 2 saturated carbocycles. The molecule has 0 radical (unpaired) electrons. The highest BCUT2D eigenvalue weighted by Crippen LogP contribution is 2.54. The van der Waals surface area contributed by atoms with Crippen LogP contribution in [0.15, 0.2) is 6.07 Å². The van der Waals surface area contributed by atoms with Crippen LogP contribution in [0.5, 0.6) is 5.75 Å². The molecule has 10 nitrogen and oxygen atoms in total. The summed E-state index contributed by atoms with van der Waals surface area (Å²) in [5.74, 6) is -11.4. The van der Waals surface area contributed by atoms with E-state index in [9.17, 15) is 34.2 Å². The third-order valence-corrected chi connectivity index (χ3v) is 8.66. The maximum Gasteiger partial charge on any atom is 0.235 e. The molecule has 5 N–H and O–H groups in total. The number of aliphatic hydroxyl groups is 1. The molecule has 1 aromatic carbocycles. The number of amides is 1. The fraction of sp³-hybridized carbons (Fsp3) is 0.621. The number of phenols is 1. The number of carbonyl (C=O) groups is 5. The zero-order valence-corrected chi connectivity index (χ0v) is 23.6. The van der Waals surface area contributed by atoms with Crippen molar-refractivity contribution in [2.24, 2.45) is 41.2 Å². The quantitative estimate of drug-likeness (QED) is 0.400. The van der Waals surface area contributed by atoms with Gasteiger partial charge >= 0.3 is 0 Å². The molecule has 0 spiro atoms. The Labute approximate surface area is 228 Å². The number of primary amides is 1. The molecule has 3 aliphatic rings. The smallest absolute Gasteiger partial charge is 0.235 e. The number of nitrogens with one attached hydrogen (secondary N) is 1. The van der Waals surface area contributed by atoms with Crippen molar-refractivity contribution in [1.29, 1.82) is 0 Å². The summed E-state index contributed by atoms with van der Waals surface area (Å²) in [6.07, 6.45) is 0.301. The van der Waals surface area contributed by atoms with E-state index in [1.54, 1.807) is 13.8 Å². The van der Waals surface area contributed by atoms with Crippen molar-refractivity contribution in [3.05, 3.63) is 22.8 Å². The molecule has 3 aliphatic carbocycles. The molecular weight excluding hydrogens is 502 g/mol. The molecule has 2 unspecified atom stereocenters. The monoisotopic (exact) mass is 541 g/mol. The molecule has 39 heavy (non-hydrogen) atoms. The molecule has 0 bridgehead atoms. The van der Waals surface area contributed by atoms with Gasteiger partial charge < -0.3 is 26.2 Å². The number of benzene rings is 1. The number of hydrogen-bond acceptors (Lipinski definition) is 9. The van der Waals surface area contributed by atoms with Crippen molar-refractivity contribution < 1.29 is 34.2 Å². The van der Waals surface area contributed by atoms with Gasteiger partial charge in [0.05, 0.1) is 11.5 Å². The number of Topliss-reactive ketones (excluding diaryl/α,β-unsaturated/α-hetero) is 4. The molecule has 212 valence electrons. The van der Waals surface area contributed by atoms with E-state index in [0.29, 0.717) is 11.1 Å². The van der Waals surface area contributed by atoms with Crippen LogP contribution < -0.4 is 16.0 Å². The van der Waals surface area contributed by atoms with E-state index in [0.717, 1.165) is 5.69 Å². The standard InChI is InChI=1S/C29H39N3O7/c1-12(2)18-16-9-13-8-15-17(32(6)7)10-14(11-31-28(3,4)5)22(33)20(15)24(35)19(13)25(36)29(16,39)26(37)21(23(18)34)27(30)38/h10,12-13,16,18-19,21,31,33,39H,8-9,11H2,1-7H3,(H2,30,38)/t13-,16-,18-,19?,21?,29-/m0/s1. The molecule has 6 atom stereocenters. The van der Waals surface area contributed by atoms with Crippen LogP contribution in [0.1, 0.15) is 62.5 Å². The van der Waals surface area contributed by atoms with Crippen LogP contribution >= 0.6 is 0 Å². The minimum atomic E-state index is -2.69. The lowest BCUT2D eigenvalue weighted by Gasteiger charge is -2.52. The van der Waals surface area contributed by atoms with Gasteiger partial charge in [-0.1, -0.05) is 13.8 Å². The Morgan fingerprint density at radius 2 is 1.79 bits per heavy atom. The van der Waals surface area contributed by atoms with Crippen molar-refractivity contribution in [3.8, 4) is 5.75 Å². The van der Waals surface area contributed by atoms with Crippen molar-refractivity contribution in [1.82, 2.24) is 5.32 Å². The van der Waals surface area contributed by atoms with Crippen LogP contribution in [-0.4, -0.2) is 64.5 Å². The average Bonchev–Trinajstić information content (AvgIpc) is 2.79. The maximum absolute atomic E-state index is 14.0. The highest BCUT2D eigenvalue weighted by Gasteiger charge is 2.69. The van der Waals surface area contributed by atoms with Crippen molar-refractivity contribution >= 4 is 34.7 Å². The predicted molar refractivity (Wildman–Crippen MR) is 143 cm³/mol. The van der Waals surface area contributed by atoms with Crippen molar-refractivity contribution in [2.45, 2.75) is 65.1 Å². The van der Waals surface area contributed by atoms with Gasteiger partial charge in [-0.25, -0.2) is 0 Å². The molecular formula is C29H39N3O7. The second kappa shape index (κ2) is 9.52. The Kier molecular flexibility index (Phi) is 7.05. The fourth-order valence-corrected chi connectivity index (χ4v) is 6.85. The van der Waals surface area contributed by atoms with E-state index in [4.69, 9.17) is 5.73 Å². The van der Waals surface area contributed by atoms with Gasteiger partial charge in [0.25, 0.3) is 0 Å². The summed E-state index contributed by atoms with van der Waals surface area (Å²) in [7, 11) is 3.65. The zero-order valence-electron chi connectivity index (χ0n) is 23.6. The van der Waals surface area contributed by atoms with E-state index in [1.165, 1.54) is 0 Å². The minimum Gasteiger partial charge on any atom is -0.507 e. The number of hydrogen-bond donors (Lipinski definition) is 4. The van der Waals surface area contributed by atoms with E-state index in [2.05, 4.69) is 5.32 Å². The molecule has 0 heterocycles. The van der Waals surface area contributed by atoms with E-state index in [-0.39, 0.29) is 42.2 Å². The van der Waals surface area contributed by atoms with Crippen LogP contribution in [0.3, 0.4) is 0 Å². The highest BCUT2D eigenvalue weighted by atomic mass is 16.3. The number of fused-ring (bicyclic) bond motifs is 3. The van der Waals surface area contributed by atoms with Crippen LogP contribution in [0, 0.1) is 35.5 Å². The number of anilines is 1. The molecule has 1 amide bonds. The fourth-order valence-electron chi connectivity index (χ4n) is 6.85.